The SMILES string of the molecule is CNC(=O)C(=O)[C@H](CC1CC1)NC(=O)[C@@H]1C[C@]2(CC(c3cc(C)c(OC)c(C)c3)=NO2)CN1C(=O)[C@@H](NC(=O)[C@@H]1C[C@H]1c1ccccc1)C(C)(C)OC. The molecule has 2 saturated carbocycles. The average Bonchev–Trinajstić information content (AvgIpc) is 4.07. The molecule has 2 aromatic carbocycles. The number of ketones is 1. The predicted octanol–water partition coefficient (Wildman–Crippen LogP) is 3.09. The molecule has 3 fully saturated rings. The lowest BCUT2D eigenvalue weighted by Gasteiger charge is -2.37. The lowest BCUT2D eigenvalue weighted by Crippen LogP contribution is -2.62. The summed E-state index contributed by atoms with van der Waals surface area (Å²) in [7, 11) is 4.46. The largest absolute Gasteiger partial charge is 0.496 e. The van der Waals surface area contributed by atoms with Crippen molar-refractivity contribution in [2.24, 2.45) is 17.0 Å². The number of carbonyl (C=O) groups is 5. The lowest BCUT2D eigenvalue weighted by molar-refractivity contribution is -0.149. The van der Waals surface area contributed by atoms with E-state index in [4.69, 9.17) is 14.3 Å². The van der Waals surface area contributed by atoms with Crippen LogP contribution in [0.2, 0.25) is 0 Å². The number of carbonyl (C=O) groups excluding carboxylic acids is 5. The number of oxime groups is 1. The fourth-order valence-corrected chi connectivity index (χ4v) is 7.81. The number of likely N-dealkylation sites (N-methyl/N-ethyl adjacent to an activating group) is 1. The van der Waals surface area contributed by atoms with Crippen LogP contribution in [-0.2, 0) is 33.5 Å². The van der Waals surface area contributed by atoms with Gasteiger partial charge in [0.25, 0.3) is 5.91 Å². The Morgan fingerprint density at radius 2 is 1.70 bits per heavy atom. The second-order valence-electron chi connectivity index (χ2n) is 15.6. The second-order valence-corrected chi connectivity index (χ2v) is 15.6. The van der Waals surface area contributed by atoms with Crippen molar-refractivity contribution in [2.75, 3.05) is 27.8 Å². The van der Waals surface area contributed by atoms with Crippen LogP contribution >= 0.6 is 0 Å². The summed E-state index contributed by atoms with van der Waals surface area (Å²) in [6.07, 6.45) is 3.17. The molecule has 4 aliphatic rings. The number of nitrogens with one attached hydrogen (secondary N) is 3. The van der Waals surface area contributed by atoms with Gasteiger partial charge in [0.2, 0.25) is 23.5 Å². The van der Waals surface area contributed by atoms with E-state index in [1.54, 1.807) is 21.0 Å². The van der Waals surface area contributed by atoms with Crippen LogP contribution in [0.25, 0.3) is 0 Å². The number of Topliss-reactive ketones (excluding diaryl/α,β-unsaturated/α-hetero) is 1. The summed E-state index contributed by atoms with van der Waals surface area (Å²) in [6, 6.07) is 10.4. The van der Waals surface area contributed by atoms with Crippen molar-refractivity contribution in [3.63, 3.8) is 0 Å². The van der Waals surface area contributed by atoms with Crippen LogP contribution in [0.1, 0.15) is 80.5 Å². The van der Waals surface area contributed by atoms with E-state index in [1.165, 1.54) is 19.1 Å². The Morgan fingerprint density at radius 1 is 1.02 bits per heavy atom. The minimum Gasteiger partial charge on any atom is -0.496 e. The number of methoxy groups -OCH3 is 2. The maximum atomic E-state index is 14.8. The summed E-state index contributed by atoms with van der Waals surface area (Å²) in [5, 5.41) is 12.6. The molecule has 2 heterocycles. The molecule has 6 atom stereocenters. The third-order valence-corrected chi connectivity index (χ3v) is 11.3. The van der Waals surface area contributed by atoms with Crippen molar-refractivity contribution in [2.45, 2.75) is 101 Å². The zero-order valence-corrected chi connectivity index (χ0v) is 31.6. The highest BCUT2D eigenvalue weighted by Crippen LogP contribution is 2.48. The molecule has 1 saturated heterocycles. The first-order valence-corrected chi connectivity index (χ1v) is 18.4. The molecule has 6 rings (SSSR count). The molecule has 53 heavy (non-hydrogen) atoms. The summed E-state index contributed by atoms with van der Waals surface area (Å²) in [6.45, 7) is 7.32. The van der Waals surface area contributed by atoms with E-state index < -0.39 is 52.8 Å². The summed E-state index contributed by atoms with van der Waals surface area (Å²) in [5.41, 5.74) is 2.19. The number of benzene rings is 2. The van der Waals surface area contributed by atoms with Crippen LogP contribution in [0.15, 0.2) is 47.6 Å². The third kappa shape index (κ3) is 7.95. The van der Waals surface area contributed by atoms with Crippen LogP contribution in [0.3, 0.4) is 0 Å². The molecule has 2 aliphatic carbocycles. The smallest absolute Gasteiger partial charge is 0.289 e. The van der Waals surface area contributed by atoms with Crippen molar-refractivity contribution in [1.82, 2.24) is 20.9 Å². The molecule has 0 radical (unpaired) electrons. The monoisotopic (exact) mass is 729 g/mol. The molecule has 0 aromatic heterocycles. The molecule has 3 N–H and O–H groups in total. The molecule has 284 valence electrons. The average molecular weight is 730 g/mol. The molecule has 13 nitrogen and oxygen atoms in total. The Balaban J connectivity index is 1.28. The normalized spacial score (nSPS) is 24.5. The topological polar surface area (TPSA) is 165 Å². The Morgan fingerprint density at radius 3 is 2.30 bits per heavy atom. The van der Waals surface area contributed by atoms with Crippen LogP contribution in [0.4, 0.5) is 0 Å². The van der Waals surface area contributed by atoms with Gasteiger partial charge in [0.1, 0.15) is 17.8 Å². The first-order chi connectivity index (χ1) is 25.2. The number of ether oxygens (including phenoxy) is 2. The van der Waals surface area contributed by atoms with Crippen LogP contribution < -0.4 is 20.7 Å². The van der Waals surface area contributed by atoms with Gasteiger partial charge in [-0.2, -0.15) is 0 Å². The number of hydrogen-bond acceptors (Lipinski definition) is 9. The van der Waals surface area contributed by atoms with E-state index >= 15 is 0 Å². The molecule has 4 amide bonds. The minimum atomic E-state index is -1.17. The minimum absolute atomic E-state index is 0.00996. The highest BCUT2D eigenvalue weighted by molar-refractivity contribution is 6.38. The predicted molar refractivity (Wildman–Crippen MR) is 196 cm³/mol. The highest BCUT2D eigenvalue weighted by Gasteiger charge is 2.57. The van der Waals surface area contributed by atoms with Gasteiger partial charge in [-0.1, -0.05) is 48.3 Å². The number of nitrogens with zero attached hydrogens (tertiary/aromatic N) is 2. The standard InChI is InChI=1S/C40H51N5O8/c1-22-15-26(16-23(2)33(22)51-6)30-19-40(53-44-30)20-31(36(48)42-29(17-24-13-14-24)32(46)37(49)41-5)45(21-40)38(50)34(39(3,4)52-7)43-35(47)28-18-27(28)25-11-9-8-10-12-25/h8-12,15-16,24,27-29,31,34H,13-14,17-21H2,1-7H3,(H,41,49)(H,42,48)(H,43,47)/t27-,28+,29-,31-,34+,40+/m0/s1. The molecular formula is C40H51N5O8. The quantitative estimate of drug-likeness (QED) is 0.250. The molecule has 0 unspecified atom stereocenters. The van der Waals surface area contributed by atoms with Crippen LogP contribution in [0.5, 0.6) is 5.75 Å². The Labute approximate surface area is 310 Å². The molecule has 1 spiro atoms. The number of likely N-dealkylation sites (tertiary alicyclic amines) is 1. The number of amides is 4. The first kappa shape index (κ1) is 38.0. The molecular weight excluding hydrogens is 678 g/mol. The number of aryl methyl sites for hydroxylation is 2. The van der Waals surface area contributed by atoms with E-state index in [0.717, 1.165) is 40.8 Å². The third-order valence-electron chi connectivity index (χ3n) is 11.3. The fraction of sp³-hybridized carbons (Fsp3) is 0.550. The van der Waals surface area contributed by atoms with Crippen molar-refractivity contribution in [1.29, 1.82) is 0 Å². The Kier molecular flexibility index (Phi) is 10.7. The van der Waals surface area contributed by atoms with E-state index in [1.807, 2.05) is 56.3 Å². The van der Waals surface area contributed by atoms with Crippen molar-refractivity contribution >= 4 is 35.1 Å². The maximum Gasteiger partial charge on any atom is 0.289 e. The van der Waals surface area contributed by atoms with Crippen molar-refractivity contribution in [3.8, 4) is 5.75 Å². The second kappa shape index (κ2) is 14.9. The van der Waals surface area contributed by atoms with E-state index in [-0.39, 0.29) is 36.6 Å². The van der Waals surface area contributed by atoms with E-state index in [0.29, 0.717) is 25.0 Å². The zero-order valence-electron chi connectivity index (χ0n) is 31.6. The summed E-state index contributed by atoms with van der Waals surface area (Å²) in [4.78, 5) is 76.0. The van der Waals surface area contributed by atoms with Gasteiger partial charge in [0.05, 0.1) is 31.0 Å². The lowest BCUT2D eigenvalue weighted by atomic mass is 9.90. The van der Waals surface area contributed by atoms with Crippen molar-refractivity contribution in [3.05, 3.63) is 64.7 Å². The first-order valence-electron chi connectivity index (χ1n) is 18.4. The fourth-order valence-electron chi connectivity index (χ4n) is 7.81. The van der Waals surface area contributed by atoms with Crippen LogP contribution in [0, 0.1) is 25.7 Å². The summed E-state index contributed by atoms with van der Waals surface area (Å²) >= 11 is 0. The van der Waals surface area contributed by atoms with Gasteiger partial charge in [-0.05, 0) is 81.2 Å². The molecule has 2 aliphatic heterocycles. The summed E-state index contributed by atoms with van der Waals surface area (Å²) in [5.74, 6) is -2.20. The molecule has 0 bridgehead atoms. The van der Waals surface area contributed by atoms with E-state index in [2.05, 4.69) is 21.1 Å². The molecule has 2 aromatic rings. The van der Waals surface area contributed by atoms with Gasteiger partial charge in [0.15, 0.2) is 5.60 Å². The maximum absolute atomic E-state index is 14.8. The molecule has 13 heteroatoms. The highest BCUT2D eigenvalue weighted by atomic mass is 16.7. The van der Waals surface area contributed by atoms with Crippen LogP contribution in [-0.4, -0.2) is 97.2 Å². The Bertz CT molecular complexity index is 1780. The van der Waals surface area contributed by atoms with E-state index in [9.17, 15) is 24.0 Å². The summed E-state index contributed by atoms with van der Waals surface area (Å²) < 4.78 is 11.3. The van der Waals surface area contributed by atoms with Gasteiger partial charge in [-0.15, -0.1) is 0 Å². The van der Waals surface area contributed by atoms with Gasteiger partial charge in [-0.3, -0.25) is 24.0 Å². The van der Waals surface area contributed by atoms with Crippen molar-refractivity contribution < 1.29 is 38.3 Å². The number of hydrogen-bond donors (Lipinski definition) is 3. The number of rotatable bonds is 14. The van der Waals surface area contributed by atoms with Gasteiger partial charge >= 0.3 is 0 Å². The van der Waals surface area contributed by atoms with Gasteiger partial charge in [-0.25, -0.2) is 0 Å². The Hall–Kier alpha value is -4.78. The zero-order chi connectivity index (χ0) is 38.2. The van der Waals surface area contributed by atoms with Gasteiger partial charge < -0.3 is 35.2 Å². The van der Waals surface area contributed by atoms with Gasteiger partial charge in [0, 0.05) is 38.5 Å².